The van der Waals surface area contributed by atoms with Crippen LogP contribution in [-0.4, -0.2) is 18.5 Å². The Kier molecular flexibility index (Phi) is 6.54. The van der Waals surface area contributed by atoms with E-state index in [1.165, 1.54) is 29.5 Å². The van der Waals surface area contributed by atoms with Gasteiger partial charge >= 0.3 is 12.6 Å². The number of ether oxygens (including phenoxy) is 1. The minimum atomic E-state index is -3.00. The highest BCUT2D eigenvalue weighted by molar-refractivity contribution is 7.10. The van der Waals surface area contributed by atoms with Gasteiger partial charge in [0.05, 0.1) is 17.5 Å². The molecule has 134 valence electrons. The van der Waals surface area contributed by atoms with Gasteiger partial charge in [-0.15, -0.1) is 11.3 Å². The lowest BCUT2D eigenvalue weighted by Crippen LogP contribution is -2.34. The van der Waals surface area contributed by atoms with Gasteiger partial charge in [0, 0.05) is 10.6 Å². The van der Waals surface area contributed by atoms with Crippen molar-refractivity contribution in [1.29, 1.82) is 0 Å². The number of halogens is 3. The molecular weight excluding hydrogens is 376 g/mol. The number of carbonyl (C=O) groups is 2. The highest BCUT2D eigenvalue weighted by Crippen LogP contribution is 2.29. The molecule has 3 amide bonds. The number of nitrogens with two attached hydrogens (primary N) is 1. The van der Waals surface area contributed by atoms with Crippen molar-refractivity contribution >= 4 is 40.6 Å². The Hall–Kier alpha value is -2.39. The molecule has 0 radical (unpaired) electrons. The van der Waals surface area contributed by atoms with Crippen molar-refractivity contribution in [2.75, 3.05) is 5.32 Å². The predicted octanol–water partition coefficient (Wildman–Crippen LogP) is 3.74. The summed E-state index contributed by atoms with van der Waals surface area (Å²) in [5, 5.41) is 6.82. The molecule has 1 heterocycles. The topological polar surface area (TPSA) is 93.5 Å². The number of hydrogen-bond donors (Lipinski definition) is 3. The van der Waals surface area contributed by atoms with Gasteiger partial charge in [-0.1, -0.05) is 17.7 Å². The fraction of sp³-hybridized carbons (Fsp3) is 0.200. The molecule has 0 saturated carbocycles. The van der Waals surface area contributed by atoms with Crippen molar-refractivity contribution in [2.24, 2.45) is 5.73 Å². The molecule has 0 aliphatic rings. The van der Waals surface area contributed by atoms with Crippen molar-refractivity contribution in [3.8, 4) is 5.75 Å². The van der Waals surface area contributed by atoms with Crippen LogP contribution in [0.3, 0.4) is 0 Å². The highest BCUT2D eigenvalue weighted by Gasteiger charge is 2.19. The van der Waals surface area contributed by atoms with Gasteiger partial charge in [0.2, 0.25) is 5.91 Å². The van der Waals surface area contributed by atoms with Crippen molar-refractivity contribution in [2.45, 2.75) is 19.1 Å². The van der Waals surface area contributed by atoms with E-state index < -0.39 is 24.6 Å². The molecule has 0 fully saturated rings. The number of nitrogens with one attached hydrogen (secondary N) is 2. The SMILES string of the molecule is NC(=O)NC(CC(=O)Nc1ccc(OC(F)F)c(Cl)c1)c1cccs1. The third kappa shape index (κ3) is 5.87. The molecule has 1 atom stereocenters. The zero-order chi connectivity index (χ0) is 18.4. The normalized spacial score (nSPS) is 11.8. The molecule has 10 heteroatoms. The maximum Gasteiger partial charge on any atom is 0.387 e. The Bertz CT molecular complexity index is 744. The maximum atomic E-state index is 12.2. The molecule has 4 N–H and O–H groups in total. The molecule has 2 rings (SSSR count). The minimum absolute atomic E-state index is 0.0592. The number of anilines is 1. The minimum Gasteiger partial charge on any atom is -0.433 e. The summed E-state index contributed by atoms with van der Waals surface area (Å²) in [6.45, 7) is -3.00. The third-order valence-corrected chi connectivity index (χ3v) is 4.31. The van der Waals surface area contributed by atoms with Gasteiger partial charge in [-0.05, 0) is 29.6 Å². The number of benzene rings is 1. The van der Waals surface area contributed by atoms with Gasteiger partial charge in [0.15, 0.2) is 0 Å². The lowest BCUT2D eigenvalue weighted by molar-refractivity contribution is -0.116. The number of alkyl halides is 2. The fourth-order valence-corrected chi connectivity index (χ4v) is 3.05. The number of carbonyl (C=O) groups excluding carboxylic acids is 2. The lowest BCUT2D eigenvalue weighted by atomic mass is 10.1. The van der Waals surface area contributed by atoms with Crippen LogP contribution in [0.25, 0.3) is 0 Å². The van der Waals surface area contributed by atoms with Crippen LogP contribution < -0.4 is 21.1 Å². The average Bonchev–Trinajstić information content (AvgIpc) is 3.03. The second kappa shape index (κ2) is 8.63. The summed E-state index contributed by atoms with van der Waals surface area (Å²) < 4.78 is 28.6. The van der Waals surface area contributed by atoms with E-state index in [1.54, 1.807) is 12.1 Å². The zero-order valence-corrected chi connectivity index (χ0v) is 14.2. The molecule has 25 heavy (non-hydrogen) atoms. The first-order valence-electron chi connectivity index (χ1n) is 6.98. The standard InChI is InChI=1S/C15H14ClF2N3O3S/c16-9-6-8(3-4-11(9)24-14(17)18)20-13(22)7-10(21-15(19)23)12-2-1-5-25-12/h1-6,10,14H,7H2,(H,20,22)(H3,19,21,23). The summed E-state index contributed by atoms with van der Waals surface area (Å²) in [6.07, 6.45) is -0.0592. The van der Waals surface area contributed by atoms with Gasteiger partial charge in [0.25, 0.3) is 0 Å². The summed E-state index contributed by atoms with van der Waals surface area (Å²) in [4.78, 5) is 24.1. The molecule has 0 aliphatic heterocycles. The summed E-state index contributed by atoms with van der Waals surface area (Å²) in [6, 6.07) is 6.13. The number of rotatable bonds is 7. The van der Waals surface area contributed by atoms with E-state index in [-0.39, 0.29) is 17.2 Å². The fourth-order valence-electron chi connectivity index (χ4n) is 2.05. The van der Waals surface area contributed by atoms with Gasteiger partial charge in [-0.3, -0.25) is 4.79 Å². The van der Waals surface area contributed by atoms with Crippen molar-refractivity contribution in [3.05, 3.63) is 45.6 Å². The van der Waals surface area contributed by atoms with Gasteiger partial charge in [-0.25, -0.2) is 4.79 Å². The number of hydrogen-bond acceptors (Lipinski definition) is 4. The molecular formula is C15H14ClF2N3O3S. The highest BCUT2D eigenvalue weighted by atomic mass is 35.5. The molecule has 1 unspecified atom stereocenters. The maximum absolute atomic E-state index is 12.2. The van der Waals surface area contributed by atoms with E-state index in [0.29, 0.717) is 5.69 Å². The quantitative estimate of drug-likeness (QED) is 0.673. The Morgan fingerprint density at radius 1 is 1.32 bits per heavy atom. The van der Waals surface area contributed by atoms with E-state index in [1.807, 2.05) is 5.38 Å². The Morgan fingerprint density at radius 3 is 2.64 bits per heavy atom. The summed E-state index contributed by atoms with van der Waals surface area (Å²) >= 11 is 7.20. The second-order valence-corrected chi connectivity index (χ2v) is 6.24. The second-order valence-electron chi connectivity index (χ2n) is 4.85. The number of amides is 3. The number of urea groups is 1. The van der Waals surface area contributed by atoms with Crippen molar-refractivity contribution in [1.82, 2.24) is 5.32 Å². The Morgan fingerprint density at radius 2 is 2.08 bits per heavy atom. The van der Waals surface area contributed by atoms with Crippen LogP contribution in [0.15, 0.2) is 35.7 Å². The lowest BCUT2D eigenvalue weighted by Gasteiger charge is -2.16. The van der Waals surface area contributed by atoms with Crippen LogP contribution >= 0.6 is 22.9 Å². The first-order valence-corrected chi connectivity index (χ1v) is 8.24. The van der Waals surface area contributed by atoms with E-state index in [0.717, 1.165) is 4.88 Å². The molecule has 0 saturated heterocycles. The van der Waals surface area contributed by atoms with Crippen LogP contribution in [0.1, 0.15) is 17.3 Å². The number of primary amides is 1. The molecule has 6 nitrogen and oxygen atoms in total. The Labute approximate surface area is 150 Å². The predicted molar refractivity (Wildman–Crippen MR) is 91.1 cm³/mol. The van der Waals surface area contributed by atoms with E-state index in [2.05, 4.69) is 15.4 Å². The number of thiophene rings is 1. The van der Waals surface area contributed by atoms with Crippen molar-refractivity contribution in [3.63, 3.8) is 0 Å². The van der Waals surface area contributed by atoms with E-state index in [4.69, 9.17) is 17.3 Å². The van der Waals surface area contributed by atoms with Gasteiger partial charge in [-0.2, -0.15) is 8.78 Å². The first-order chi connectivity index (χ1) is 11.8. The smallest absolute Gasteiger partial charge is 0.387 e. The monoisotopic (exact) mass is 389 g/mol. The molecule has 2 aromatic rings. The first kappa shape index (κ1) is 18.9. The van der Waals surface area contributed by atoms with E-state index in [9.17, 15) is 18.4 Å². The third-order valence-electron chi connectivity index (χ3n) is 3.02. The zero-order valence-electron chi connectivity index (χ0n) is 12.7. The summed E-state index contributed by atoms with van der Waals surface area (Å²) in [5.74, 6) is -0.604. The van der Waals surface area contributed by atoms with Crippen molar-refractivity contribution < 1.29 is 23.1 Å². The molecule has 0 aliphatic carbocycles. The van der Waals surface area contributed by atoms with Gasteiger partial charge < -0.3 is 21.1 Å². The average molecular weight is 390 g/mol. The molecule has 1 aromatic carbocycles. The molecule has 1 aromatic heterocycles. The van der Waals surface area contributed by atoms with Crippen LogP contribution in [0.2, 0.25) is 5.02 Å². The summed E-state index contributed by atoms with van der Waals surface area (Å²) in [5.41, 5.74) is 5.44. The van der Waals surface area contributed by atoms with Gasteiger partial charge in [0.1, 0.15) is 5.75 Å². The largest absolute Gasteiger partial charge is 0.433 e. The van der Waals surface area contributed by atoms with Crippen LogP contribution in [0.4, 0.5) is 19.3 Å². The Balaban J connectivity index is 2.03. The molecule has 0 spiro atoms. The van der Waals surface area contributed by atoms with Crippen LogP contribution in [0.5, 0.6) is 5.75 Å². The summed E-state index contributed by atoms with van der Waals surface area (Å²) in [7, 11) is 0. The van der Waals surface area contributed by atoms with Crippen LogP contribution in [-0.2, 0) is 4.79 Å². The van der Waals surface area contributed by atoms with Crippen LogP contribution in [0, 0.1) is 0 Å². The van der Waals surface area contributed by atoms with E-state index >= 15 is 0 Å². The molecule has 0 bridgehead atoms.